The molecule has 1 unspecified atom stereocenters. The van der Waals surface area contributed by atoms with Gasteiger partial charge in [0.05, 0.1) is 24.0 Å². The SMILES string of the molecule is O=C1CN2CCN(CC2)Cc2cccc(c2)Nc2nccc(n2)-c2ccc(nc2)CN(CC2CCCO2)CCN1. The molecule has 0 aliphatic carbocycles. The number of piperazine rings is 1. The maximum absolute atomic E-state index is 12.8. The zero-order chi connectivity index (χ0) is 27.1. The lowest BCUT2D eigenvalue weighted by Gasteiger charge is -2.34. The minimum Gasteiger partial charge on any atom is -0.377 e. The van der Waals surface area contributed by atoms with E-state index in [1.807, 2.05) is 18.3 Å². The normalized spacial score (nSPS) is 24.4. The van der Waals surface area contributed by atoms with Gasteiger partial charge in [0.25, 0.3) is 0 Å². The van der Waals surface area contributed by atoms with Crippen LogP contribution in [0.5, 0.6) is 0 Å². The van der Waals surface area contributed by atoms with Gasteiger partial charge in [-0.2, -0.15) is 0 Å². The quantitative estimate of drug-likeness (QED) is 0.506. The second kappa shape index (κ2) is 12.8. The van der Waals surface area contributed by atoms with E-state index in [4.69, 9.17) is 14.7 Å². The molecule has 210 valence electrons. The number of nitrogens with one attached hydrogen (secondary N) is 2. The van der Waals surface area contributed by atoms with Gasteiger partial charge in [0.2, 0.25) is 11.9 Å². The van der Waals surface area contributed by atoms with E-state index < -0.39 is 0 Å². The van der Waals surface area contributed by atoms with Crippen LogP contribution in [0.2, 0.25) is 0 Å². The number of rotatable bonds is 2. The van der Waals surface area contributed by atoms with Crippen molar-refractivity contribution in [3.05, 3.63) is 66.1 Å². The molecule has 2 aromatic heterocycles. The molecule has 0 saturated carbocycles. The van der Waals surface area contributed by atoms with Gasteiger partial charge in [0.1, 0.15) is 0 Å². The molecule has 10 heteroatoms. The van der Waals surface area contributed by atoms with E-state index in [0.29, 0.717) is 25.6 Å². The van der Waals surface area contributed by atoms with Crippen molar-refractivity contribution in [2.45, 2.75) is 32.0 Å². The maximum atomic E-state index is 12.8. The molecule has 3 aromatic rings. The van der Waals surface area contributed by atoms with Gasteiger partial charge in [-0.3, -0.25) is 24.5 Å². The summed E-state index contributed by atoms with van der Waals surface area (Å²) in [7, 11) is 0. The standard InChI is InChI=1S/C30H38N8O2/c39-29-22-37-14-12-36(13-15-37)19-23-3-1-4-25(17-23)34-30-32-9-8-28(35-30)24-6-7-26(33-18-24)20-38(11-10-31-29)21-27-5-2-16-40-27/h1,3-4,6-9,17-18,27H,2,5,10-16,19-22H2,(H,31,39)(H,32,34,35). The molecule has 1 amide bonds. The van der Waals surface area contributed by atoms with Crippen LogP contribution in [0.4, 0.5) is 11.6 Å². The van der Waals surface area contributed by atoms with Gasteiger partial charge in [-0.1, -0.05) is 12.1 Å². The fourth-order valence-corrected chi connectivity index (χ4v) is 5.64. The molecule has 0 radical (unpaired) electrons. The number of ether oxygens (including phenoxy) is 1. The van der Waals surface area contributed by atoms with E-state index >= 15 is 0 Å². The molecule has 10 nitrogen and oxygen atoms in total. The molecule has 40 heavy (non-hydrogen) atoms. The first kappa shape index (κ1) is 26.8. The average Bonchev–Trinajstić information content (AvgIpc) is 3.48. The molecular weight excluding hydrogens is 504 g/mol. The lowest BCUT2D eigenvalue weighted by atomic mass is 10.1. The van der Waals surface area contributed by atoms with Crippen molar-refractivity contribution < 1.29 is 9.53 Å². The van der Waals surface area contributed by atoms with Crippen LogP contribution >= 0.6 is 0 Å². The van der Waals surface area contributed by atoms with Gasteiger partial charge in [-0.15, -0.1) is 0 Å². The first-order valence-corrected chi connectivity index (χ1v) is 14.4. The molecule has 0 spiro atoms. The molecule has 8 heterocycles. The van der Waals surface area contributed by atoms with Crippen LogP contribution in [-0.4, -0.2) is 101 Å². The Hall–Kier alpha value is -3.44. The van der Waals surface area contributed by atoms with Crippen molar-refractivity contribution in [2.24, 2.45) is 0 Å². The summed E-state index contributed by atoms with van der Waals surface area (Å²) in [6, 6.07) is 14.4. The van der Waals surface area contributed by atoms with Gasteiger partial charge < -0.3 is 15.4 Å². The van der Waals surface area contributed by atoms with Crippen LogP contribution in [0.3, 0.4) is 0 Å². The molecule has 8 bridgehead atoms. The second-order valence-electron chi connectivity index (χ2n) is 10.9. The monoisotopic (exact) mass is 542 g/mol. The summed E-state index contributed by atoms with van der Waals surface area (Å²) in [4.78, 5) is 33.8. The third-order valence-corrected chi connectivity index (χ3v) is 7.82. The smallest absolute Gasteiger partial charge is 0.234 e. The number of nitrogens with zero attached hydrogens (tertiary/aromatic N) is 6. The Morgan fingerprint density at radius 3 is 2.62 bits per heavy atom. The number of pyridine rings is 1. The van der Waals surface area contributed by atoms with Crippen LogP contribution < -0.4 is 10.6 Å². The van der Waals surface area contributed by atoms with Crippen molar-refractivity contribution in [2.75, 3.05) is 64.3 Å². The number of carbonyl (C=O) groups excluding carboxylic acids is 1. The molecule has 2 saturated heterocycles. The van der Waals surface area contributed by atoms with Crippen molar-refractivity contribution in [1.29, 1.82) is 0 Å². The Bertz CT molecular complexity index is 1270. The highest BCUT2D eigenvalue weighted by atomic mass is 16.5. The van der Waals surface area contributed by atoms with Crippen molar-refractivity contribution >= 4 is 17.5 Å². The Labute approximate surface area is 235 Å². The van der Waals surface area contributed by atoms with Gasteiger partial charge in [-0.05, 0) is 48.7 Å². The van der Waals surface area contributed by atoms with Gasteiger partial charge in [-0.25, -0.2) is 9.97 Å². The summed E-state index contributed by atoms with van der Waals surface area (Å²) >= 11 is 0. The number of anilines is 2. The summed E-state index contributed by atoms with van der Waals surface area (Å²) in [5.74, 6) is 0.652. The molecule has 2 N–H and O–H groups in total. The Morgan fingerprint density at radius 2 is 1.82 bits per heavy atom. The highest BCUT2D eigenvalue weighted by Crippen LogP contribution is 2.21. The molecule has 9 rings (SSSR count). The van der Waals surface area contributed by atoms with E-state index in [1.165, 1.54) is 5.56 Å². The zero-order valence-corrected chi connectivity index (χ0v) is 23.0. The van der Waals surface area contributed by atoms with E-state index in [-0.39, 0.29) is 12.0 Å². The van der Waals surface area contributed by atoms with Gasteiger partial charge >= 0.3 is 0 Å². The summed E-state index contributed by atoms with van der Waals surface area (Å²) in [5, 5.41) is 6.52. The van der Waals surface area contributed by atoms with Crippen molar-refractivity contribution in [3.63, 3.8) is 0 Å². The summed E-state index contributed by atoms with van der Waals surface area (Å²) in [5.41, 5.74) is 4.94. The minimum atomic E-state index is 0.0908. The average molecular weight is 543 g/mol. The first-order chi connectivity index (χ1) is 19.7. The van der Waals surface area contributed by atoms with Crippen LogP contribution in [0, 0.1) is 0 Å². The van der Waals surface area contributed by atoms with Crippen molar-refractivity contribution in [3.8, 4) is 11.3 Å². The predicted octanol–water partition coefficient (Wildman–Crippen LogP) is 2.51. The van der Waals surface area contributed by atoms with Crippen LogP contribution in [0.15, 0.2) is 54.9 Å². The highest BCUT2D eigenvalue weighted by Gasteiger charge is 2.21. The van der Waals surface area contributed by atoms with E-state index in [0.717, 1.165) is 87.9 Å². The minimum absolute atomic E-state index is 0.0908. The van der Waals surface area contributed by atoms with E-state index in [1.54, 1.807) is 6.20 Å². The van der Waals surface area contributed by atoms with Crippen LogP contribution in [0.25, 0.3) is 11.3 Å². The fourth-order valence-electron chi connectivity index (χ4n) is 5.64. The van der Waals surface area contributed by atoms with E-state index in [2.05, 4.69) is 60.6 Å². The Kier molecular flexibility index (Phi) is 8.58. The molecular formula is C30H38N8O2. The zero-order valence-electron chi connectivity index (χ0n) is 23.0. The molecule has 2 fully saturated rings. The molecule has 6 aliphatic rings. The lowest BCUT2D eigenvalue weighted by molar-refractivity contribution is -0.122. The van der Waals surface area contributed by atoms with Crippen LogP contribution in [0.1, 0.15) is 24.1 Å². The summed E-state index contributed by atoms with van der Waals surface area (Å²) in [6.45, 7) is 8.70. The molecule has 6 aliphatic heterocycles. The van der Waals surface area contributed by atoms with Crippen molar-refractivity contribution in [1.82, 2.24) is 35.0 Å². The predicted molar refractivity (Wildman–Crippen MR) is 154 cm³/mol. The lowest BCUT2D eigenvalue weighted by Crippen LogP contribution is -2.49. The van der Waals surface area contributed by atoms with Crippen LogP contribution in [-0.2, 0) is 22.6 Å². The maximum Gasteiger partial charge on any atom is 0.234 e. The number of amides is 1. The first-order valence-electron chi connectivity index (χ1n) is 14.4. The number of benzene rings is 1. The largest absolute Gasteiger partial charge is 0.377 e. The highest BCUT2D eigenvalue weighted by molar-refractivity contribution is 5.78. The number of aromatic nitrogens is 3. The van der Waals surface area contributed by atoms with Gasteiger partial charge in [0, 0.05) is 89.2 Å². The number of hydrogen-bond donors (Lipinski definition) is 2. The molecule has 1 atom stereocenters. The third-order valence-electron chi connectivity index (χ3n) is 7.82. The number of carbonyl (C=O) groups is 1. The number of hydrogen-bond acceptors (Lipinski definition) is 9. The summed E-state index contributed by atoms with van der Waals surface area (Å²) < 4.78 is 5.91. The van der Waals surface area contributed by atoms with E-state index in [9.17, 15) is 4.79 Å². The molecule has 1 aromatic carbocycles. The Balaban J connectivity index is 1.23. The topological polar surface area (TPSA) is 98.8 Å². The Morgan fingerprint density at radius 1 is 0.950 bits per heavy atom. The fraction of sp³-hybridized carbons (Fsp3) is 0.467. The third kappa shape index (κ3) is 7.19. The van der Waals surface area contributed by atoms with Gasteiger partial charge in [0.15, 0.2) is 0 Å². The summed E-state index contributed by atoms with van der Waals surface area (Å²) in [6.07, 6.45) is 6.08. The second-order valence-corrected chi connectivity index (χ2v) is 10.9.